The molecule has 1 atom stereocenters. The molecule has 0 aliphatic rings. The molecule has 1 unspecified atom stereocenters. The van der Waals surface area contributed by atoms with Gasteiger partial charge in [-0.2, -0.15) is 0 Å². The van der Waals surface area contributed by atoms with Crippen LogP contribution in [0.2, 0.25) is 4.34 Å². The van der Waals surface area contributed by atoms with Crippen LogP contribution in [0.25, 0.3) is 0 Å². The van der Waals surface area contributed by atoms with Crippen LogP contribution >= 0.6 is 22.9 Å². The summed E-state index contributed by atoms with van der Waals surface area (Å²) in [6.45, 7) is 2.95. The van der Waals surface area contributed by atoms with Crippen LogP contribution in [0.3, 0.4) is 0 Å². The molecule has 1 heterocycles. The average Bonchev–Trinajstić information content (AvgIpc) is 2.85. The van der Waals surface area contributed by atoms with E-state index in [0.717, 1.165) is 27.7 Å². The highest BCUT2D eigenvalue weighted by Gasteiger charge is 2.17. The summed E-state index contributed by atoms with van der Waals surface area (Å²) in [5, 5.41) is 3.45. The topological polar surface area (TPSA) is 46.2 Å². The maximum Gasteiger partial charge on any atom is 0.175 e. The molecule has 2 aromatic rings. The van der Waals surface area contributed by atoms with Gasteiger partial charge in [0.25, 0.3) is 0 Å². The van der Waals surface area contributed by atoms with Crippen LogP contribution < -0.4 is 5.32 Å². The van der Waals surface area contributed by atoms with Crippen molar-refractivity contribution in [2.24, 2.45) is 0 Å². The molecule has 0 bridgehead atoms. The Bertz CT molecular complexity index is 710. The van der Waals surface area contributed by atoms with Gasteiger partial charge in [-0.25, -0.2) is 8.42 Å². The molecule has 0 saturated carbocycles. The molecule has 6 heteroatoms. The zero-order chi connectivity index (χ0) is 15.5. The normalized spacial score (nSPS) is 13.3. The number of hydrogen-bond donors (Lipinski definition) is 1. The molecule has 1 aromatic heterocycles. The molecule has 114 valence electrons. The maximum absolute atomic E-state index is 11.7. The van der Waals surface area contributed by atoms with Gasteiger partial charge in [0.2, 0.25) is 0 Å². The first-order valence-corrected chi connectivity index (χ1v) is 9.79. The molecule has 0 amide bonds. The van der Waals surface area contributed by atoms with E-state index in [9.17, 15) is 8.42 Å². The largest absolute Gasteiger partial charge is 0.306 e. The first kappa shape index (κ1) is 16.5. The molecule has 0 radical (unpaired) electrons. The summed E-state index contributed by atoms with van der Waals surface area (Å²) in [6.07, 6.45) is 2.23. The third-order valence-corrected chi connectivity index (χ3v) is 5.50. The molecule has 0 fully saturated rings. The fraction of sp³-hybridized carbons (Fsp3) is 0.333. The Hall–Kier alpha value is -0.880. The van der Waals surface area contributed by atoms with Crippen LogP contribution in [-0.2, 0) is 9.84 Å². The van der Waals surface area contributed by atoms with E-state index in [2.05, 4.69) is 12.2 Å². The monoisotopic (exact) mass is 343 g/mol. The lowest BCUT2D eigenvalue weighted by molar-refractivity contribution is 0.597. The molecule has 0 aliphatic heterocycles. The SMILES string of the molecule is CCCNC(c1cccc(S(C)(=O)=O)c1)c1ccc(Cl)s1. The molecule has 1 N–H and O–H groups in total. The fourth-order valence-corrected chi connectivity index (χ4v) is 3.92. The number of halogens is 1. The Morgan fingerprint density at radius 3 is 2.62 bits per heavy atom. The molecule has 21 heavy (non-hydrogen) atoms. The smallest absolute Gasteiger partial charge is 0.175 e. The van der Waals surface area contributed by atoms with Gasteiger partial charge in [0, 0.05) is 11.1 Å². The van der Waals surface area contributed by atoms with Gasteiger partial charge in [0.05, 0.1) is 15.3 Å². The minimum atomic E-state index is -3.21. The van der Waals surface area contributed by atoms with Crippen molar-refractivity contribution in [2.45, 2.75) is 24.3 Å². The second-order valence-corrected chi connectivity index (χ2v) is 8.64. The highest BCUT2D eigenvalue weighted by molar-refractivity contribution is 7.90. The van der Waals surface area contributed by atoms with Gasteiger partial charge in [-0.15, -0.1) is 11.3 Å². The zero-order valence-electron chi connectivity index (χ0n) is 12.0. The second-order valence-electron chi connectivity index (χ2n) is 4.87. The van der Waals surface area contributed by atoms with Gasteiger partial charge in [-0.05, 0) is 42.8 Å². The predicted octanol–water partition coefficient (Wildman–Crippen LogP) is 3.89. The molecule has 0 saturated heterocycles. The van der Waals surface area contributed by atoms with E-state index < -0.39 is 9.84 Å². The molecule has 2 rings (SSSR count). The number of sulfone groups is 1. The van der Waals surface area contributed by atoms with E-state index in [1.165, 1.54) is 17.6 Å². The summed E-state index contributed by atoms with van der Waals surface area (Å²) >= 11 is 7.53. The van der Waals surface area contributed by atoms with Crippen molar-refractivity contribution in [3.05, 3.63) is 51.2 Å². The van der Waals surface area contributed by atoms with E-state index in [0.29, 0.717) is 4.90 Å². The predicted molar refractivity (Wildman–Crippen MR) is 89.0 cm³/mol. The molecule has 0 spiro atoms. The number of thiophene rings is 1. The summed E-state index contributed by atoms with van der Waals surface area (Å²) in [6, 6.07) is 10.9. The Labute approximate surface area is 134 Å². The first-order chi connectivity index (χ1) is 9.91. The van der Waals surface area contributed by atoms with Crippen LogP contribution in [-0.4, -0.2) is 21.2 Å². The van der Waals surface area contributed by atoms with Gasteiger partial charge in [0.1, 0.15) is 0 Å². The highest BCUT2D eigenvalue weighted by Crippen LogP contribution is 2.31. The summed E-state index contributed by atoms with van der Waals surface area (Å²) in [5.74, 6) is 0. The van der Waals surface area contributed by atoms with E-state index in [1.807, 2.05) is 18.2 Å². The number of rotatable bonds is 6. The van der Waals surface area contributed by atoms with E-state index in [1.54, 1.807) is 18.2 Å². The Morgan fingerprint density at radius 1 is 1.29 bits per heavy atom. The van der Waals surface area contributed by atoms with E-state index in [-0.39, 0.29) is 6.04 Å². The lowest BCUT2D eigenvalue weighted by atomic mass is 10.1. The Balaban J connectivity index is 2.41. The molecule has 0 aliphatic carbocycles. The van der Waals surface area contributed by atoms with Crippen LogP contribution in [0, 0.1) is 0 Å². The quantitative estimate of drug-likeness (QED) is 0.865. The third kappa shape index (κ3) is 4.30. The van der Waals surface area contributed by atoms with Crippen molar-refractivity contribution >= 4 is 32.8 Å². The van der Waals surface area contributed by atoms with Crippen molar-refractivity contribution in [1.29, 1.82) is 0 Å². The zero-order valence-corrected chi connectivity index (χ0v) is 14.4. The third-order valence-electron chi connectivity index (χ3n) is 3.10. The van der Waals surface area contributed by atoms with Crippen molar-refractivity contribution < 1.29 is 8.42 Å². The lowest BCUT2D eigenvalue weighted by Crippen LogP contribution is -2.22. The maximum atomic E-state index is 11.7. The summed E-state index contributed by atoms with van der Waals surface area (Å²) in [5.41, 5.74) is 0.935. The van der Waals surface area contributed by atoms with Crippen molar-refractivity contribution in [3.63, 3.8) is 0 Å². The van der Waals surface area contributed by atoms with E-state index in [4.69, 9.17) is 11.6 Å². The standard InChI is InChI=1S/C15H18ClNO2S2/c1-3-9-17-15(13-7-8-14(16)20-13)11-5-4-6-12(10-11)21(2,18)19/h4-8,10,15,17H,3,9H2,1-2H3. The van der Waals surface area contributed by atoms with Crippen molar-refractivity contribution in [2.75, 3.05) is 12.8 Å². The average molecular weight is 344 g/mol. The molecule has 3 nitrogen and oxygen atoms in total. The Morgan fingerprint density at radius 2 is 2.05 bits per heavy atom. The molecule has 1 aromatic carbocycles. The number of benzene rings is 1. The van der Waals surface area contributed by atoms with Crippen LogP contribution in [0.15, 0.2) is 41.3 Å². The van der Waals surface area contributed by atoms with Gasteiger partial charge >= 0.3 is 0 Å². The summed E-state index contributed by atoms with van der Waals surface area (Å²) in [7, 11) is -3.21. The first-order valence-electron chi connectivity index (χ1n) is 6.70. The minimum Gasteiger partial charge on any atom is -0.306 e. The highest BCUT2D eigenvalue weighted by atomic mass is 35.5. The number of hydrogen-bond acceptors (Lipinski definition) is 4. The van der Waals surface area contributed by atoms with Crippen LogP contribution in [0.1, 0.15) is 29.8 Å². The lowest BCUT2D eigenvalue weighted by Gasteiger charge is -2.18. The van der Waals surface area contributed by atoms with Gasteiger partial charge < -0.3 is 5.32 Å². The summed E-state index contributed by atoms with van der Waals surface area (Å²) < 4.78 is 24.2. The van der Waals surface area contributed by atoms with Gasteiger partial charge in [-0.3, -0.25) is 0 Å². The van der Waals surface area contributed by atoms with Gasteiger partial charge in [-0.1, -0.05) is 30.7 Å². The molecular formula is C15H18ClNO2S2. The fourth-order valence-electron chi connectivity index (χ4n) is 2.08. The van der Waals surface area contributed by atoms with E-state index >= 15 is 0 Å². The summed E-state index contributed by atoms with van der Waals surface area (Å²) in [4.78, 5) is 1.42. The Kier molecular flexibility index (Phi) is 5.43. The molecular weight excluding hydrogens is 326 g/mol. The van der Waals surface area contributed by atoms with Crippen LogP contribution in [0.5, 0.6) is 0 Å². The van der Waals surface area contributed by atoms with Crippen LogP contribution in [0.4, 0.5) is 0 Å². The van der Waals surface area contributed by atoms with Gasteiger partial charge in [0.15, 0.2) is 9.84 Å². The second kappa shape index (κ2) is 6.92. The minimum absolute atomic E-state index is 0.0378. The number of nitrogens with one attached hydrogen (secondary N) is 1. The van der Waals surface area contributed by atoms with Crippen molar-refractivity contribution in [3.8, 4) is 0 Å². The van der Waals surface area contributed by atoms with Crippen molar-refractivity contribution in [1.82, 2.24) is 5.32 Å².